The third kappa shape index (κ3) is 4.19. The zero-order valence-electron chi connectivity index (χ0n) is 17.0. The van der Waals surface area contributed by atoms with Crippen LogP contribution < -0.4 is 5.32 Å². The summed E-state index contributed by atoms with van der Waals surface area (Å²) in [6.07, 6.45) is 2.35. The van der Waals surface area contributed by atoms with E-state index in [2.05, 4.69) is 15.4 Å². The summed E-state index contributed by atoms with van der Waals surface area (Å²) in [5.74, 6) is -1.04. The standard InChI is InChI=1S/C20H23N5O3S/c1-12-17(13(2)24(4)23-12)22-18(26)14(3)28-19(27)16-11-21-20(29-5)25(16)15-9-7-6-8-10-15/h6-11,14H,1-5H3,(H,22,26)/t14-/m0/s1. The minimum atomic E-state index is -0.988. The topological polar surface area (TPSA) is 91.0 Å². The van der Waals surface area contributed by atoms with Crippen molar-refractivity contribution in [2.75, 3.05) is 11.6 Å². The van der Waals surface area contributed by atoms with Crippen molar-refractivity contribution in [3.8, 4) is 5.69 Å². The summed E-state index contributed by atoms with van der Waals surface area (Å²) < 4.78 is 8.83. The first-order valence-corrected chi connectivity index (χ1v) is 10.2. The molecule has 0 aliphatic carbocycles. The molecule has 0 saturated carbocycles. The van der Waals surface area contributed by atoms with Crippen LogP contribution in [0.15, 0.2) is 41.7 Å². The molecule has 1 amide bonds. The number of aryl methyl sites for hydroxylation is 2. The summed E-state index contributed by atoms with van der Waals surface area (Å²) in [6, 6.07) is 9.41. The first kappa shape index (κ1) is 20.7. The number of para-hydroxylation sites is 1. The van der Waals surface area contributed by atoms with Gasteiger partial charge in [0, 0.05) is 12.7 Å². The Morgan fingerprint density at radius 2 is 1.90 bits per heavy atom. The van der Waals surface area contributed by atoms with Crippen molar-refractivity contribution in [1.82, 2.24) is 19.3 Å². The molecule has 0 aliphatic rings. The smallest absolute Gasteiger partial charge is 0.357 e. The quantitative estimate of drug-likeness (QED) is 0.493. The molecule has 1 atom stereocenters. The van der Waals surface area contributed by atoms with Crippen molar-refractivity contribution in [3.63, 3.8) is 0 Å². The number of esters is 1. The molecule has 1 aromatic carbocycles. The minimum Gasteiger partial charge on any atom is -0.448 e. The van der Waals surface area contributed by atoms with Crippen molar-refractivity contribution in [3.05, 3.63) is 53.6 Å². The third-order valence-electron chi connectivity index (χ3n) is 4.55. The number of hydrogen-bond donors (Lipinski definition) is 1. The van der Waals surface area contributed by atoms with E-state index in [9.17, 15) is 9.59 Å². The average Bonchev–Trinajstić information content (AvgIpc) is 3.25. The first-order valence-electron chi connectivity index (χ1n) is 9.02. The first-order chi connectivity index (χ1) is 13.8. The van der Waals surface area contributed by atoms with Crippen molar-refractivity contribution in [1.29, 1.82) is 0 Å². The van der Waals surface area contributed by atoms with E-state index >= 15 is 0 Å². The lowest BCUT2D eigenvalue weighted by atomic mass is 10.3. The Morgan fingerprint density at radius 3 is 2.48 bits per heavy atom. The summed E-state index contributed by atoms with van der Waals surface area (Å²) in [7, 11) is 1.80. The number of nitrogens with zero attached hydrogens (tertiary/aromatic N) is 4. The molecule has 0 spiro atoms. The van der Waals surface area contributed by atoms with Gasteiger partial charge in [0.25, 0.3) is 5.91 Å². The molecule has 1 N–H and O–H groups in total. The number of ether oxygens (including phenoxy) is 1. The number of carbonyl (C=O) groups excluding carboxylic acids is 2. The fourth-order valence-electron chi connectivity index (χ4n) is 2.90. The maximum absolute atomic E-state index is 12.8. The van der Waals surface area contributed by atoms with Gasteiger partial charge in [0.05, 0.1) is 23.3 Å². The summed E-state index contributed by atoms with van der Waals surface area (Å²) in [4.78, 5) is 29.6. The second-order valence-electron chi connectivity index (χ2n) is 6.51. The van der Waals surface area contributed by atoms with Crippen LogP contribution >= 0.6 is 11.8 Å². The highest BCUT2D eigenvalue weighted by Crippen LogP contribution is 2.23. The normalized spacial score (nSPS) is 11.9. The van der Waals surface area contributed by atoms with Crippen LogP contribution in [0.5, 0.6) is 0 Å². The fourth-order valence-corrected chi connectivity index (χ4v) is 3.45. The summed E-state index contributed by atoms with van der Waals surface area (Å²) in [5.41, 5.74) is 3.19. The molecular weight excluding hydrogens is 390 g/mol. The van der Waals surface area contributed by atoms with Gasteiger partial charge < -0.3 is 10.1 Å². The lowest BCUT2D eigenvalue weighted by Gasteiger charge is -2.15. The third-order valence-corrected chi connectivity index (χ3v) is 5.20. The number of anilines is 1. The Bertz CT molecular complexity index is 1040. The van der Waals surface area contributed by atoms with E-state index in [1.165, 1.54) is 24.9 Å². The van der Waals surface area contributed by atoms with E-state index in [-0.39, 0.29) is 5.69 Å². The number of amides is 1. The predicted molar refractivity (Wildman–Crippen MR) is 112 cm³/mol. The SMILES string of the molecule is CSc1ncc(C(=O)O[C@@H](C)C(=O)Nc2c(C)nn(C)c2C)n1-c1ccccc1. The molecule has 2 aromatic heterocycles. The van der Waals surface area contributed by atoms with Crippen LogP contribution in [0.25, 0.3) is 5.69 Å². The average molecular weight is 414 g/mol. The van der Waals surface area contributed by atoms with Gasteiger partial charge in [-0.05, 0) is 39.2 Å². The van der Waals surface area contributed by atoms with Crippen molar-refractivity contribution < 1.29 is 14.3 Å². The molecule has 0 saturated heterocycles. The monoisotopic (exact) mass is 413 g/mol. The lowest BCUT2D eigenvalue weighted by Crippen LogP contribution is -2.31. The second kappa shape index (κ2) is 8.52. The van der Waals surface area contributed by atoms with E-state index < -0.39 is 18.0 Å². The molecule has 0 unspecified atom stereocenters. The number of carbonyl (C=O) groups is 2. The number of rotatable bonds is 6. The number of nitrogens with one attached hydrogen (secondary N) is 1. The van der Waals surface area contributed by atoms with Gasteiger partial charge in [-0.25, -0.2) is 9.78 Å². The van der Waals surface area contributed by atoms with Gasteiger partial charge in [-0.3, -0.25) is 14.0 Å². The van der Waals surface area contributed by atoms with Crippen LogP contribution in [0.2, 0.25) is 0 Å². The predicted octanol–water partition coefficient (Wildman–Crippen LogP) is 3.13. The summed E-state index contributed by atoms with van der Waals surface area (Å²) in [5, 5.41) is 7.72. The van der Waals surface area contributed by atoms with E-state index in [1.54, 1.807) is 16.3 Å². The number of imidazole rings is 1. The highest BCUT2D eigenvalue weighted by atomic mass is 32.2. The van der Waals surface area contributed by atoms with Gasteiger partial charge in [0.1, 0.15) is 0 Å². The number of hydrogen-bond acceptors (Lipinski definition) is 6. The molecule has 0 fully saturated rings. The van der Waals surface area contributed by atoms with Gasteiger partial charge in [-0.1, -0.05) is 30.0 Å². The highest BCUT2D eigenvalue weighted by molar-refractivity contribution is 7.98. The van der Waals surface area contributed by atoms with Gasteiger partial charge in [-0.2, -0.15) is 5.10 Å². The number of benzene rings is 1. The molecule has 3 aromatic rings. The molecule has 0 radical (unpaired) electrons. The Hall–Kier alpha value is -3.07. The van der Waals surface area contributed by atoms with Crippen LogP contribution in [-0.2, 0) is 16.6 Å². The van der Waals surface area contributed by atoms with E-state index in [1.807, 2.05) is 50.4 Å². The maximum Gasteiger partial charge on any atom is 0.357 e. The number of aromatic nitrogens is 4. The van der Waals surface area contributed by atoms with Crippen LogP contribution in [0.4, 0.5) is 5.69 Å². The molecule has 0 bridgehead atoms. The molecule has 0 aliphatic heterocycles. The second-order valence-corrected chi connectivity index (χ2v) is 7.28. The molecular formula is C20H23N5O3S. The van der Waals surface area contributed by atoms with Crippen LogP contribution in [-0.4, -0.2) is 43.6 Å². The Balaban J connectivity index is 1.78. The van der Waals surface area contributed by atoms with Gasteiger partial charge in [0.15, 0.2) is 17.0 Å². The van der Waals surface area contributed by atoms with Gasteiger partial charge >= 0.3 is 5.97 Å². The van der Waals surface area contributed by atoms with E-state index in [0.29, 0.717) is 16.5 Å². The van der Waals surface area contributed by atoms with Crippen LogP contribution in [0.1, 0.15) is 28.8 Å². The van der Waals surface area contributed by atoms with Gasteiger partial charge in [0.2, 0.25) is 0 Å². The van der Waals surface area contributed by atoms with E-state index in [4.69, 9.17) is 4.74 Å². The Morgan fingerprint density at radius 1 is 1.21 bits per heavy atom. The summed E-state index contributed by atoms with van der Waals surface area (Å²) in [6.45, 7) is 5.20. The van der Waals surface area contributed by atoms with E-state index in [0.717, 1.165) is 11.4 Å². The maximum atomic E-state index is 12.8. The van der Waals surface area contributed by atoms with Crippen LogP contribution in [0, 0.1) is 13.8 Å². The van der Waals surface area contributed by atoms with Crippen molar-refractivity contribution >= 4 is 29.3 Å². The lowest BCUT2D eigenvalue weighted by molar-refractivity contribution is -0.123. The van der Waals surface area contributed by atoms with Crippen molar-refractivity contribution in [2.45, 2.75) is 32.0 Å². The minimum absolute atomic E-state index is 0.258. The molecule has 8 nitrogen and oxygen atoms in total. The van der Waals surface area contributed by atoms with Gasteiger partial charge in [-0.15, -0.1) is 0 Å². The Kier molecular flexibility index (Phi) is 6.07. The molecule has 29 heavy (non-hydrogen) atoms. The Labute approximate surface area is 173 Å². The summed E-state index contributed by atoms with van der Waals surface area (Å²) >= 11 is 1.42. The molecule has 2 heterocycles. The zero-order chi connectivity index (χ0) is 21.1. The molecule has 152 valence electrons. The van der Waals surface area contributed by atoms with Crippen molar-refractivity contribution in [2.24, 2.45) is 7.05 Å². The zero-order valence-corrected chi connectivity index (χ0v) is 17.8. The number of thioether (sulfide) groups is 1. The molecule has 3 rings (SSSR count). The fraction of sp³-hybridized carbons (Fsp3) is 0.300. The van der Waals surface area contributed by atoms with Crippen LogP contribution in [0.3, 0.4) is 0 Å². The highest BCUT2D eigenvalue weighted by Gasteiger charge is 2.25. The largest absolute Gasteiger partial charge is 0.448 e. The molecule has 9 heteroatoms.